The molecule has 0 radical (unpaired) electrons. The number of aromatic nitrogens is 1. The Morgan fingerprint density at radius 3 is 2.59 bits per heavy atom. The zero-order valence-corrected chi connectivity index (χ0v) is 19.4. The molecule has 0 aliphatic rings. The van der Waals surface area contributed by atoms with Gasteiger partial charge in [0.25, 0.3) is 5.91 Å². The smallest absolute Gasteiger partial charge is 0.267 e. The van der Waals surface area contributed by atoms with Gasteiger partial charge >= 0.3 is 0 Å². The van der Waals surface area contributed by atoms with E-state index in [9.17, 15) is 9.59 Å². The highest BCUT2D eigenvalue weighted by atomic mass is 32.1. The van der Waals surface area contributed by atoms with Crippen molar-refractivity contribution >= 4 is 62.0 Å². The van der Waals surface area contributed by atoms with E-state index in [2.05, 4.69) is 24.1 Å². The first-order valence-electron chi connectivity index (χ1n) is 10.3. The van der Waals surface area contributed by atoms with Crippen LogP contribution < -0.4 is 11.1 Å². The minimum atomic E-state index is -0.285. The van der Waals surface area contributed by atoms with Crippen LogP contribution in [-0.4, -0.2) is 16.7 Å². The molecule has 0 unspecified atom stereocenters. The van der Waals surface area contributed by atoms with Crippen molar-refractivity contribution in [3.63, 3.8) is 0 Å². The van der Waals surface area contributed by atoms with Crippen molar-refractivity contribution in [1.82, 2.24) is 4.98 Å². The summed E-state index contributed by atoms with van der Waals surface area (Å²) in [6, 6.07) is 14.6. The number of thiophene rings is 2. The summed E-state index contributed by atoms with van der Waals surface area (Å²) < 4.78 is 0. The van der Waals surface area contributed by atoms with E-state index in [1.54, 1.807) is 47.8 Å². The number of anilines is 2. The van der Waals surface area contributed by atoms with Crippen molar-refractivity contribution in [2.24, 2.45) is 5.92 Å². The van der Waals surface area contributed by atoms with E-state index in [1.807, 2.05) is 29.6 Å². The molecule has 3 heterocycles. The van der Waals surface area contributed by atoms with Gasteiger partial charge < -0.3 is 11.1 Å². The second-order valence-corrected chi connectivity index (χ2v) is 9.82. The van der Waals surface area contributed by atoms with E-state index in [4.69, 9.17) is 5.73 Å². The van der Waals surface area contributed by atoms with Crippen molar-refractivity contribution in [3.8, 4) is 0 Å². The van der Waals surface area contributed by atoms with Crippen LogP contribution in [-0.2, 0) is 6.42 Å². The number of hydrogen-bond donors (Lipinski definition) is 2. The number of hydrogen-bond acceptors (Lipinski definition) is 6. The van der Waals surface area contributed by atoms with Crippen LogP contribution in [0.3, 0.4) is 0 Å². The van der Waals surface area contributed by atoms with Crippen LogP contribution in [0.2, 0.25) is 0 Å². The maximum Gasteiger partial charge on any atom is 0.267 e. The number of nitrogens with two attached hydrogens (primary N) is 1. The number of nitrogens with one attached hydrogen (secondary N) is 1. The molecular weight excluding hydrogens is 438 g/mol. The van der Waals surface area contributed by atoms with E-state index in [1.165, 1.54) is 11.3 Å². The number of ketones is 1. The number of fused-ring (bicyclic) bond motifs is 1. The van der Waals surface area contributed by atoms with Gasteiger partial charge in [-0.3, -0.25) is 9.59 Å². The first-order chi connectivity index (χ1) is 15.4. The zero-order chi connectivity index (χ0) is 22.7. The van der Waals surface area contributed by atoms with Crippen LogP contribution in [0, 0.1) is 5.92 Å². The molecule has 0 spiro atoms. The van der Waals surface area contributed by atoms with E-state index >= 15 is 0 Å². The number of nitrogens with zero attached hydrogens (tertiary/aromatic N) is 1. The Labute approximate surface area is 194 Å². The number of rotatable bonds is 7. The summed E-state index contributed by atoms with van der Waals surface area (Å²) in [5.74, 6) is 0.127. The van der Waals surface area contributed by atoms with Crippen molar-refractivity contribution < 1.29 is 9.59 Å². The number of amides is 1. The molecule has 32 heavy (non-hydrogen) atoms. The second kappa shape index (κ2) is 9.46. The molecular formula is C25H23N3O2S2. The predicted molar refractivity (Wildman–Crippen MR) is 135 cm³/mol. The molecule has 0 bridgehead atoms. The topological polar surface area (TPSA) is 85.1 Å². The van der Waals surface area contributed by atoms with Gasteiger partial charge in [0.15, 0.2) is 5.78 Å². The SMILES string of the molecule is CC(C)Cc1ccc2c(N)c(C(=O)Nc3ccc(C(=O)C=Cc4cccs4)cc3)sc2n1. The number of nitrogen functional groups attached to an aromatic ring is 1. The summed E-state index contributed by atoms with van der Waals surface area (Å²) in [6.45, 7) is 4.29. The highest BCUT2D eigenvalue weighted by molar-refractivity contribution is 7.21. The van der Waals surface area contributed by atoms with Crippen LogP contribution in [0.1, 0.15) is 44.4 Å². The summed E-state index contributed by atoms with van der Waals surface area (Å²) in [6.07, 6.45) is 4.23. The Bertz CT molecular complexity index is 1290. The monoisotopic (exact) mass is 461 g/mol. The number of carbonyl (C=O) groups excluding carboxylic acids is 2. The van der Waals surface area contributed by atoms with Gasteiger partial charge in [0, 0.05) is 27.2 Å². The molecule has 4 rings (SSSR count). The lowest BCUT2D eigenvalue weighted by Crippen LogP contribution is -2.12. The first kappa shape index (κ1) is 21.9. The van der Waals surface area contributed by atoms with Crippen molar-refractivity contribution in [3.05, 3.63) is 81.0 Å². The van der Waals surface area contributed by atoms with Crippen LogP contribution in [0.5, 0.6) is 0 Å². The fourth-order valence-corrected chi connectivity index (χ4v) is 4.91. The van der Waals surface area contributed by atoms with E-state index in [-0.39, 0.29) is 11.7 Å². The Balaban J connectivity index is 1.47. The van der Waals surface area contributed by atoms with Crippen LogP contribution in [0.15, 0.2) is 60.0 Å². The quantitative estimate of drug-likeness (QED) is 0.250. The highest BCUT2D eigenvalue weighted by Gasteiger charge is 2.18. The van der Waals surface area contributed by atoms with Crippen LogP contribution >= 0.6 is 22.7 Å². The molecule has 0 saturated heterocycles. The van der Waals surface area contributed by atoms with Gasteiger partial charge in [-0.1, -0.05) is 19.9 Å². The standard InChI is InChI=1S/C25H23N3O2S2/c1-15(2)14-18-9-11-20-22(26)23(32-25(20)28-18)24(30)27-17-7-5-16(6-8-17)21(29)12-10-19-4-3-13-31-19/h3-13,15H,14,26H2,1-2H3,(H,27,30). The van der Waals surface area contributed by atoms with Gasteiger partial charge in [-0.05, 0) is 72.3 Å². The lowest BCUT2D eigenvalue weighted by atomic mass is 10.1. The third kappa shape index (κ3) is 4.95. The zero-order valence-electron chi connectivity index (χ0n) is 17.8. The summed E-state index contributed by atoms with van der Waals surface area (Å²) in [7, 11) is 0. The normalized spacial score (nSPS) is 11.5. The molecule has 0 atom stereocenters. The third-order valence-corrected chi connectivity index (χ3v) is 6.80. The number of pyridine rings is 1. The maximum atomic E-state index is 12.8. The van der Waals surface area contributed by atoms with Crippen LogP contribution in [0.25, 0.3) is 16.3 Å². The van der Waals surface area contributed by atoms with Gasteiger partial charge in [-0.15, -0.1) is 22.7 Å². The fraction of sp³-hybridized carbons (Fsp3) is 0.160. The molecule has 7 heteroatoms. The molecule has 1 amide bonds. The maximum absolute atomic E-state index is 12.8. The summed E-state index contributed by atoms with van der Waals surface area (Å²) >= 11 is 2.87. The Hall–Kier alpha value is -3.29. The van der Waals surface area contributed by atoms with Gasteiger partial charge in [-0.2, -0.15) is 0 Å². The van der Waals surface area contributed by atoms with Gasteiger partial charge in [0.2, 0.25) is 0 Å². The predicted octanol–water partition coefficient (Wildman–Crippen LogP) is 6.29. The molecule has 1 aromatic carbocycles. The van der Waals surface area contributed by atoms with Gasteiger partial charge in [-0.25, -0.2) is 4.98 Å². The number of benzene rings is 1. The molecule has 3 aromatic heterocycles. The lowest BCUT2D eigenvalue weighted by molar-refractivity contribution is 0.102. The molecule has 3 N–H and O–H groups in total. The Kier molecular flexibility index (Phi) is 6.48. The van der Waals surface area contributed by atoms with E-state index < -0.39 is 0 Å². The summed E-state index contributed by atoms with van der Waals surface area (Å²) in [4.78, 5) is 32.1. The average Bonchev–Trinajstić information content (AvgIpc) is 3.40. The average molecular weight is 462 g/mol. The molecule has 0 saturated carbocycles. The minimum absolute atomic E-state index is 0.0895. The molecule has 4 aromatic rings. The minimum Gasteiger partial charge on any atom is -0.397 e. The van der Waals surface area contributed by atoms with Crippen molar-refractivity contribution in [2.45, 2.75) is 20.3 Å². The molecule has 162 valence electrons. The molecule has 0 fully saturated rings. The number of carbonyl (C=O) groups is 2. The van der Waals surface area contributed by atoms with Crippen molar-refractivity contribution in [1.29, 1.82) is 0 Å². The molecule has 5 nitrogen and oxygen atoms in total. The fourth-order valence-electron chi connectivity index (χ4n) is 3.28. The first-order valence-corrected chi connectivity index (χ1v) is 12.0. The second-order valence-electron chi connectivity index (χ2n) is 7.84. The van der Waals surface area contributed by atoms with Gasteiger partial charge in [0.05, 0.1) is 5.69 Å². The summed E-state index contributed by atoms with van der Waals surface area (Å²) in [5, 5.41) is 5.62. The Morgan fingerprint density at radius 2 is 1.91 bits per heavy atom. The third-order valence-electron chi connectivity index (χ3n) is 4.84. The molecule has 0 aliphatic carbocycles. The van der Waals surface area contributed by atoms with E-state index in [0.717, 1.165) is 27.2 Å². The molecule has 0 aliphatic heterocycles. The van der Waals surface area contributed by atoms with Crippen LogP contribution in [0.4, 0.5) is 11.4 Å². The van der Waals surface area contributed by atoms with Crippen molar-refractivity contribution in [2.75, 3.05) is 11.1 Å². The number of allylic oxidation sites excluding steroid dienone is 1. The lowest BCUT2D eigenvalue weighted by Gasteiger charge is -2.05. The Morgan fingerprint density at radius 1 is 1.12 bits per heavy atom. The summed E-state index contributed by atoms with van der Waals surface area (Å²) in [5.41, 5.74) is 8.83. The van der Waals surface area contributed by atoms with Gasteiger partial charge in [0.1, 0.15) is 9.71 Å². The highest BCUT2D eigenvalue weighted by Crippen LogP contribution is 2.33. The largest absolute Gasteiger partial charge is 0.397 e. The van der Waals surface area contributed by atoms with E-state index in [0.29, 0.717) is 27.7 Å².